The zero-order valence-electron chi connectivity index (χ0n) is 11.1. The van der Waals surface area contributed by atoms with Crippen LogP contribution in [-0.2, 0) is 9.59 Å². The van der Waals surface area contributed by atoms with Gasteiger partial charge in [-0.05, 0) is 36.4 Å². The van der Waals surface area contributed by atoms with Crippen molar-refractivity contribution in [1.82, 2.24) is 10.6 Å². The van der Waals surface area contributed by atoms with Crippen LogP contribution in [0.1, 0.15) is 30.1 Å². The molecule has 1 fully saturated rings. The van der Waals surface area contributed by atoms with Crippen LogP contribution in [0.15, 0.2) is 29.2 Å². The van der Waals surface area contributed by atoms with E-state index < -0.39 is 11.9 Å². The van der Waals surface area contributed by atoms with Gasteiger partial charge in [0.25, 0.3) is 5.91 Å². The first-order valence-electron chi connectivity index (χ1n) is 6.47. The third-order valence-corrected chi connectivity index (χ3v) is 3.87. The van der Waals surface area contributed by atoms with Crippen molar-refractivity contribution >= 4 is 29.5 Å². The molecule has 5 nitrogen and oxygen atoms in total. The lowest BCUT2D eigenvalue weighted by Crippen LogP contribution is -2.52. The maximum atomic E-state index is 12.0. The summed E-state index contributed by atoms with van der Waals surface area (Å²) in [5.41, 5.74) is 0.509. The van der Waals surface area contributed by atoms with E-state index >= 15 is 0 Å². The van der Waals surface area contributed by atoms with Gasteiger partial charge in [0.15, 0.2) is 0 Å². The van der Waals surface area contributed by atoms with Crippen LogP contribution in [0.2, 0.25) is 0 Å². The minimum atomic E-state index is -0.634. The fourth-order valence-corrected chi connectivity index (χ4v) is 2.60. The lowest BCUT2D eigenvalue weighted by molar-refractivity contribution is -0.134. The van der Waals surface area contributed by atoms with Gasteiger partial charge in [-0.2, -0.15) is 0 Å². The third-order valence-electron chi connectivity index (χ3n) is 2.97. The van der Waals surface area contributed by atoms with Gasteiger partial charge in [-0.1, -0.05) is 6.92 Å². The predicted molar refractivity (Wildman–Crippen MR) is 76.5 cm³/mol. The summed E-state index contributed by atoms with van der Waals surface area (Å²) in [6, 6.07) is 6.60. The Morgan fingerprint density at radius 1 is 1.35 bits per heavy atom. The molecular formula is C14H16N2O3S. The van der Waals surface area contributed by atoms with Gasteiger partial charge in [0, 0.05) is 16.9 Å². The summed E-state index contributed by atoms with van der Waals surface area (Å²) in [6.45, 7) is 2.06. The fourth-order valence-electron chi connectivity index (χ4n) is 1.94. The molecule has 20 heavy (non-hydrogen) atoms. The van der Waals surface area contributed by atoms with Crippen LogP contribution in [0.25, 0.3) is 0 Å². The maximum Gasteiger partial charge on any atom is 0.251 e. The van der Waals surface area contributed by atoms with Crippen LogP contribution < -0.4 is 10.6 Å². The highest BCUT2D eigenvalue weighted by Crippen LogP contribution is 2.17. The number of hydrogen-bond acceptors (Lipinski definition) is 4. The number of benzene rings is 1. The molecule has 2 N–H and O–H groups in total. The monoisotopic (exact) mass is 292 g/mol. The second-order valence-corrected chi connectivity index (χ2v) is 5.77. The molecule has 1 atom stereocenters. The molecule has 1 aromatic rings. The van der Waals surface area contributed by atoms with E-state index in [-0.39, 0.29) is 18.2 Å². The standard InChI is InChI=1S/C14H16N2O3S/c1-2-20-10-5-3-9(4-6-10)13(18)15-11-7-8-12(17)16-14(11)19/h3-6,11H,2,7-8H2,1H3,(H,15,18)(H,16,17,19). The summed E-state index contributed by atoms with van der Waals surface area (Å²) < 4.78 is 0. The lowest BCUT2D eigenvalue weighted by atomic mass is 10.1. The van der Waals surface area contributed by atoms with Crippen molar-refractivity contribution in [3.05, 3.63) is 29.8 Å². The minimum Gasteiger partial charge on any atom is -0.340 e. The number of piperidine rings is 1. The van der Waals surface area contributed by atoms with Gasteiger partial charge in [0.2, 0.25) is 11.8 Å². The Hall–Kier alpha value is -1.82. The molecule has 106 valence electrons. The summed E-state index contributed by atoms with van der Waals surface area (Å²) in [4.78, 5) is 35.7. The van der Waals surface area contributed by atoms with Gasteiger partial charge in [-0.3, -0.25) is 19.7 Å². The summed E-state index contributed by atoms with van der Waals surface area (Å²) in [7, 11) is 0. The second kappa shape index (κ2) is 6.56. The molecule has 1 aromatic carbocycles. The van der Waals surface area contributed by atoms with E-state index in [0.717, 1.165) is 10.6 Å². The smallest absolute Gasteiger partial charge is 0.251 e. The molecule has 1 saturated heterocycles. The average molecular weight is 292 g/mol. The van der Waals surface area contributed by atoms with E-state index in [1.54, 1.807) is 23.9 Å². The maximum absolute atomic E-state index is 12.0. The Morgan fingerprint density at radius 3 is 2.65 bits per heavy atom. The Bertz CT molecular complexity index is 528. The van der Waals surface area contributed by atoms with Crippen LogP contribution in [0, 0.1) is 0 Å². The van der Waals surface area contributed by atoms with Crippen molar-refractivity contribution < 1.29 is 14.4 Å². The lowest BCUT2D eigenvalue weighted by Gasteiger charge is -2.21. The molecule has 0 bridgehead atoms. The second-order valence-electron chi connectivity index (χ2n) is 4.43. The molecule has 1 heterocycles. The topological polar surface area (TPSA) is 75.3 Å². The van der Waals surface area contributed by atoms with Gasteiger partial charge in [-0.25, -0.2) is 0 Å². The Morgan fingerprint density at radius 2 is 2.05 bits per heavy atom. The molecule has 3 amide bonds. The molecule has 0 aromatic heterocycles. The zero-order valence-corrected chi connectivity index (χ0v) is 12.0. The quantitative estimate of drug-likeness (QED) is 0.648. The highest BCUT2D eigenvalue weighted by molar-refractivity contribution is 7.99. The molecule has 6 heteroatoms. The first-order valence-corrected chi connectivity index (χ1v) is 7.46. The molecule has 0 radical (unpaired) electrons. The van der Waals surface area contributed by atoms with E-state index in [0.29, 0.717) is 12.0 Å². The van der Waals surface area contributed by atoms with Crippen LogP contribution in [0.3, 0.4) is 0 Å². The molecule has 1 aliphatic heterocycles. The van der Waals surface area contributed by atoms with Crippen LogP contribution in [0.4, 0.5) is 0 Å². The molecule has 0 saturated carbocycles. The van der Waals surface area contributed by atoms with E-state index in [4.69, 9.17) is 0 Å². The van der Waals surface area contributed by atoms with E-state index in [1.807, 2.05) is 12.1 Å². The van der Waals surface area contributed by atoms with Crippen molar-refractivity contribution in [2.75, 3.05) is 5.75 Å². The van der Waals surface area contributed by atoms with Crippen LogP contribution >= 0.6 is 11.8 Å². The first-order chi connectivity index (χ1) is 9.60. The predicted octanol–water partition coefficient (Wildman–Crippen LogP) is 1.33. The normalized spacial score (nSPS) is 18.6. The number of carbonyl (C=O) groups excluding carboxylic acids is 3. The number of imide groups is 1. The van der Waals surface area contributed by atoms with E-state index in [1.165, 1.54) is 0 Å². The summed E-state index contributed by atoms with van der Waals surface area (Å²) in [5, 5.41) is 4.86. The number of amides is 3. The summed E-state index contributed by atoms with van der Waals surface area (Å²) in [5.74, 6) is -0.0521. The van der Waals surface area contributed by atoms with Crippen LogP contribution in [0.5, 0.6) is 0 Å². The number of nitrogens with one attached hydrogen (secondary N) is 2. The highest BCUT2D eigenvalue weighted by Gasteiger charge is 2.27. The molecule has 0 spiro atoms. The van der Waals surface area contributed by atoms with Gasteiger partial charge in [0.1, 0.15) is 6.04 Å². The highest BCUT2D eigenvalue weighted by atomic mass is 32.2. The van der Waals surface area contributed by atoms with Crippen molar-refractivity contribution in [2.24, 2.45) is 0 Å². The molecule has 1 unspecified atom stereocenters. The Kier molecular flexibility index (Phi) is 4.79. The summed E-state index contributed by atoms with van der Waals surface area (Å²) in [6.07, 6.45) is 0.600. The van der Waals surface area contributed by atoms with Crippen molar-refractivity contribution in [3.63, 3.8) is 0 Å². The zero-order chi connectivity index (χ0) is 14.5. The van der Waals surface area contributed by atoms with Gasteiger partial charge >= 0.3 is 0 Å². The number of carbonyl (C=O) groups is 3. The average Bonchev–Trinajstić information content (AvgIpc) is 2.43. The van der Waals surface area contributed by atoms with Crippen LogP contribution in [-0.4, -0.2) is 29.5 Å². The fraction of sp³-hybridized carbons (Fsp3) is 0.357. The minimum absolute atomic E-state index is 0.253. The number of thioether (sulfide) groups is 1. The van der Waals surface area contributed by atoms with Crippen molar-refractivity contribution in [2.45, 2.75) is 30.7 Å². The molecular weight excluding hydrogens is 276 g/mol. The molecule has 0 aliphatic carbocycles. The molecule has 2 rings (SSSR count). The van der Waals surface area contributed by atoms with Crippen molar-refractivity contribution in [1.29, 1.82) is 0 Å². The SMILES string of the molecule is CCSc1ccc(C(=O)NC2CCC(=O)NC2=O)cc1. The third kappa shape index (κ3) is 3.60. The number of hydrogen-bond donors (Lipinski definition) is 2. The summed E-state index contributed by atoms with van der Waals surface area (Å²) >= 11 is 1.70. The van der Waals surface area contributed by atoms with Gasteiger partial charge in [-0.15, -0.1) is 11.8 Å². The van der Waals surface area contributed by atoms with Crippen molar-refractivity contribution in [3.8, 4) is 0 Å². The van der Waals surface area contributed by atoms with Gasteiger partial charge < -0.3 is 5.32 Å². The number of rotatable bonds is 4. The van der Waals surface area contributed by atoms with E-state index in [2.05, 4.69) is 17.6 Å². The van der Waals surface area contributed by atoms with E-state index in [9.17, 15) is 14.4 Å². The molecule has 1 aliphatic rings. The van der Waals surface area contributed by atoms with Gasteiger partial charge in [0.05, 0.1) is 0 Å². The largest absolute Gasteiger partial charge is 0.340 e. The Labute approximate surface area is 121 Å². The first kappa shape index (κ1) is 14.6. The Balaban J connectivity index is 1.97.